The van der Waals surface area contributed by atoms with Crippen LogP contribution in [0.15, 0.2) is 46.9 Å². The third-order valence-electron chi connectivity index (χ3n) is 4.94. The van der Waals surface area contributed by atoms with E-state index in [-0.39, 0.29) is 23.6 Å². The van der Waals surface area contributed by atoms with Crippen molar-refractivity contribution in [3.05, 3.63) is 63.9 Å². The van der Waals surface area contributed by atoms with Crippen molar-refractivity contribution in [2.75, 3.05) is 0 Å². The number of benzene rings is 2. The van der Waals surface area contributed by atoms with Crippen LogP contribution >= 0.6 is 15.9 Å². The molecule has 0 spiro atoms. The van der Waals surface area contributed by atoms with Crippen LogP contribution in [0.4, 0.5) is 4.39 Å². The minimum atomic E-state index is -0.510. The lowest BCUT2D eigenvalue weighted by molar-refractivity contribution is -0.128. The van der Waals surface area contributed by atoms with E-state index in [2.05, 4.69) is 21.2 Å². The summed E-state index contributed by atoms with van der Waals surface area (Å²) in [4.78, 5) is 12.1. The predicted molar refractivity (Wildman–Crippen MR) is 105 cm³/mol. The van der Waals surface area contributed by atoms with E-state index in [0.29, 0.717) is 24.8 Å². The third kappa shape index (κ3) is 4.68. The van der Waals surface area contributed by atoms with Gasteiger partial charge >= 0.3 is 0 Å². The van der Waals surface area contributed by atoms with Crippen molar-refractivity contribution in [2.24, 2.45) is 0 Å². The average Bonchev–Trinajstić information content (AvgIpc) is 2.63. The van der Waals surface area contributed by atoms with Crippen LogP contribution in [0, 0.1) is 5.82 Å². The predicted octanol–water partition coefficient (Wildman–Crippen LogP) is 5.17. The highest BCUT2D eigenvalue weighted by atomic mass is 79.9. The zero-order valence-corrected chi connectivity index (χ0v) is 16.9. The van der Waals surface area contributed by atoms with E-state index in [4.69, 9.17) is 4.74 Å². The van der Waals surface area contributed by atoms with Gasteiger partial charge in [-0.3, -0.25) is 4.79 Å². The molecule has 3 atom stereocenters. The number of halogens is 2. The molecule has 1 aliphatic heterocycles. The molecule has 1 amide bonds. The maximum atomic E-state index is 13.3. The molecule has 1 aliphatic rings. The number of nitrogens with one attached hydrogen (secondary N) is 1. The molecule has 2 N–H and O–H groups in total. The zero-order chi connectivity index (χ0) is 19.6. The van der Waals surface area contributed by atoms with Gasteiger partial charge in [-0.1, -0.05) is 35.0 Å². The summed E-state index contributed by atoms with van der Waals surface area (Å²) in [5.41, 5.74) is 0.991. The molecule has 0 unspecified atom stereocenters. The first-order chi connectivity index (χ1) is 12.8. The summed E-state index contributed by atoms with van der Waals surface area (Å²) in [5, 5.41) is 13.4. The molecule has 0 aliphatic carbocycles. The van der Waals surface area contributed by atoms with Crippen LogP contribution in [-0.4, -0.2) is 16.6 Å². The Balaban J connectivity index is 1.96. The molecule has 1 heterocycles. The summed E-state index contributed by atoms with van der Waals surface area (Å²) < 4.78 is 20.5. The molecule has 1 saturated heterocycles. The Morgan fingerprint density at radius 1 is 1.26 bits per heavy atom. The Labute approximate surface area is 166 Å². The van der Waals surface area contributed by atoms with Gasteiger partial charge in [0.25, 0.3) is 0 Å². The van der Waals surface area contributed by atoms with E-state index >= 15 is 0 Å². The summed E-state index contributed by atoms with van der Waals surface area (Å²) in [6.45, 7) is 3.80. The van der Waals surface area contributed by atoms with Gasteiger partial charge in [0.1, 0.15) is 11.6 Å². The fraction of sp³-hybridized carbons (Fsp3) is 0.381. The number of amides is 1. The van der Waals surface area contributed by atoms with Crippen LogP contribution < -0.4 is 5.32 Å². The molecule has 3 rings (SSSR count). The normalized spacial score (nSPS) is 25.2. The van der Waals surface area contributed by atoms with Gasteiger partial charge in [-0.25, -0.2) is 4.39 Å². The number of aromatic hydroxyl groups is 1. The quantitative estimate of drug-likeness (QED) is 0.695. The molecule has 0 aromatic heterocycles. The molecule has 2 aromatic carbocycles. The molecule has 2 aromatic rings. The van der Waals surface area contributed by atoms with Crippen molar-refractivity contribution >= 4 is 21.8 Å². The number of hydrogen-bond acceptors (Lipinski definition) is 3. The SMILES string of the molecule is CCC(=O)N[C@@]1(C)C[C@@H](c2ccc(F)cc2)O[C@@H](c2cc(Br)ccc2O)C1. The second kappa shape index (κ2) is 7.98. The topological polar surface area (TPSA) is 58.6 Å². The highest BCUT2D eigenvalue weighted by molar-refractivity contribution is 9.10. The number of hydrogen-bond donors (Lipinski definition) is 2. The third-order valence-corrected chi connectivity index (χ3v) is 5.43. The van der Waals surface area contributed by atoms with E-state index in [9.17, 15) is 14.3 Å². The van der Waals surface area contributed by atoms with Gasteiger partial charge in [-0.15, -0.1) is 0 Å². The first-order valence-electron chi connectivity index (χ1n) is 9.00. The monoisotopic (exact) mass is 435 g/mol. The van der Waals surface area contributed by atoms with E-state index < -0.39 is 11.6 Å². The fourth-order valence-electron chi connectivity index (χ4n) is 3.56. The number of carbonyl (C=O) groups excluding carboxylic acids is 1. The maximum absolute atomic E-state index is 13.3. The average molecular weight is 436 g/mol. The van der Waals surface area contributed by atoms with E-state index in [1.54, 1.807) is 24.3 Å². The van der Waals surface area contributed by atoms with E-state index in [0.717, 1.165) is 10.0 Å². The molecule has 144 valence electrons. The molecule has 6 heteroatoms. The van der Waals surface area contributed by atoms with Crippen LogP contribution in [0.25, 0.3) is 0 Å². The summed E-state index contributed by atoms with van der Waals surface area (Å²) in [7, 11) is 0. The zero-order valence-electron chi connectivity index (χ0n) is 15.3. The Morgan fingerprint density at radius 2 is 1.93 bits per heavy atom. The van der Waals surface area contributed by atoms with Gasteiger partial charge in [-0.05, 0) is 42.8 Å². The van der Waals surface area contributed by atoms with Crippen molar-refractivity contribution in [3.63, 3.8) is 0 Å². The summed E-state index contributed by atoms with van der Waals surface area (Å²) in [5.74, 6) is -0.195. The first kappa shape index (κ1) is 19.8. The number of phenols is 1. The maximum Gasteiger partial charge on any atom is 0.220 e. The molecule has 0 bridgehead atoms. The molecule has 0 saturated carbocycles. The van der Waals surface area contributed by atoms with Crippen molar-refractivity contribution in [1.82, 2.24) is 5.32 Å². The second-order valence-corrected chi connectivity index (χ2v) is 8.15. The van der Waals surface area contributed by atoms with Crippen LogP contribution in [0.2, 0.25) is 0 Å². The van der Waals surface area contributed by atoms with Crippen LogP contribution in [0.5, 0.6) is 5.75 Å². The van der Waals surface area contributed by atoms with Crippen molar-refractivity contribution < 1.29 is 19.0 Å². The van der Waals surface area contributed by atoms with Gasteiger partial charge in [0.2, 0.25) is 5.91 Å². The number of rotatable bonds is 4. The standard InChI is InChI=1S/C21H23BrFNO3/c1-3-20(26)24-21(2)11-18(13-4-7-15(23)8-5-13)27-19(12-21)16-10-14(22)6-9-17(16)25/h4-10,18-19,25H,3,11-12H2,1-2H3,(H,24,26)/t18-,19+,21-/m0/s1. The number of ether oxygens (including phenoxy) is 1. The molecule has 0 radical (unpaired) electrons. The van der Waals surface area contributed by atoms with Gasteiger partial charge < -0.3 is 15.2 Å². The van der Waals surface area contributed by atoms with Crippen molar-refractivity contribution in [2.45, 2.75) is 50.9 Å². The molecule has 27 heavy (non-hydrogen) atoms. The van der Waals surface area contributed by atoms with E-state index in [1.165, 1.54) is 12.1 Å². The Bertz CT molecular complexity index is 827. The van der Waals surface area contributed by atoms with E-state index in [1.807, 2.05) is 19.9 Å². The van der Waals surface area contributed by atoms with Crippen LogP contribution in [0.1, 0.15) is 56.4 Å². The first-order valence-corrected chi connectivity index (χ1v) is 9.79. The lowest BCUT2D eigenvalue weighted by Crippen LogP contribution is -2.50. The Morgan fingerprint density at radius 3 is 2.59 bits per heavy atom. The largest absolute Gasteiger partial charge is 0.508 e. The minimum Gasteiger partial charge on any atom is -0.508 e. The molecular weight excluding hydrogens is 413 g/mol. The highest BCUT2D eigenvalue weighted by Crippen LogP contribution is 2.46. The smallest absolute Gasteiger partial charge is 0.220 e. The number of phenolic OH excluding ortho intramolecular Hbond substituents is 1. The van der Waals surface area contributed by atoms with Crippen LogP contribution in [-0.2, 0) is 9.53 Å². The minimum absolute atomic E-state index is 0.0329. The summed E-state index contributed by atoms with van der Waals surface area (Å²) >= 11 is 3.43. The van der Waals surface area contributed by atoms with Crippen molar-refractivity contribution in [3.8, 4) is 5.75 Å². The lowest BCUT2D eigenvalue weighted by Gasteiger charge is -2.43. The molecule has 1 fully saturated rings. The lowest BCUT2D eigenvalue weighted by atomic mass is 9.81. The van der Waals surface area contributed by atoms with Gasteiger partial charge in [0, 0.05) is 34.8 Å². The van der Waals surface area contributed by atoms with Crippen molar-refractivity contribution in [1.29, 1.82) is 0 Å². The fourth-order valence-corrected chi connectivity index (χ4v) is 3.94. The van der Waals surface area contributed by atoms with Gasteiger partial charge in [0.15, 0.2) is 0 Å². The molecular formula is C21H23BrFNO3. The second-order valence-electron chi connectivity index (χ2n) is 7.24. The highest BCUT2D eigenvalue weighted by Gasteiger charge is 2.40. The summed E-state index contributed by atoms with van der Waals surface area (Å²) in [6.07, 6.45) is 0.749. The molecule has 4 nitrogen and oxygen atoms in total. The Kier molecular flexibility index (Phi) is 5.86. The Hall–Kier alpha value is -1.92. The van der Waals surface area contributed by atoms with Crippen LogP contribution in [0.3, 0.4) is 0 Å². The summed E-state index contributed by atoms with van der Waals surface area (Å²) in [6, 6.07) is 11.4. The van der Waals surface area contributed by atoms with Gasteiger partial charge in [-0.2, -0.15) is 0 Å². The van der Waals surface area contributed by atoms with Gasteiger partial charge in [0.05, 0.1) is 12.2 Å². The number of carbonyl (C=O) groups is 1.